The van der Waals surface area contributed by atoms with Gasteiger partial charge in [0.05, 0.1) is 11.8 Å². The van der Waals surface area contributed by atoms with E-state index in [1.54, 1.807) is 4.90 Å². The van der Waals surface area contributed by atoms with Crippen LogP contribution in [0.4, 0.5) is 0 Å². The molecule has 0 unspecified atom stereocenters. The predicted octanol–water partition coefficient (Wildman–Crippen LogP) is 0.244. The van der Waals surface area contributed by atoms with Gasteiger partial charge in [-0.3, -0.25) is 4.79 Å². The Kier molecular flexibility index (Phi) is 6.42. The number of carbonyl (C=O) groups excluding carboxylic acids is 1. The Hall–Kier alpha value is -0.660. The molecular weight excluding hydrogens is 278 g/mol. The molecule has 1 amide bonds. The summed E-state index contributed by atoms with van der Waals surface area (Å²) in [7, 11) is -3.16. The van der Waals surface area contributed by atoms with Crippen molar-refractivity contribution in [1.82, 2.24) is 9.21 Å². The monoisotopic (exact) mass is 305 g/mol. The minimum Gasteiger partial charge on any atom is -0.339 e. The molecule has 1 atom stereocenters. The fourth-order valence-corrected chi connectivity index (χ4v) is 3.91. The van der Waals surface area contributed by atoms with Gasteiger partial charge in [-0.15, -0.1) is 0 Å². The van der Waals surface area contributed by atoms with Crippen molar-refractivity contribution in [1.29, 1.82) is 0 Å². The van der Waals surface area contributed by atoms with Crippen LogP contribution in [0.15, 0.2) is 0 Å². The first-order chi connectivity index (χ1) is 9.27. The summed E-state index contributed by atoms with van der Waals surface area (Å²) in [4.78, 5) is 13.8. The molecule has 118 valence electrons. The molecule has 0 aromatic heterocycles. The molecule has 2 N–H and O–H groups in total. The van der Waals surface area contributed by atoms with Crippen LogP contribution in [0, 0.1) is 5.92 Å². The molecular formula is C13H27N3O3S. The molecule has 7 heteroatoms. The average molecular weight is 305 g/mol. The van der Waals surface area contributed by atoms with Crippen LogP contribution in [0.1, 0.15) is 33.6 Å². The Morgan fingerprint density at radius 3 is 2.20 bits per heavy atom. The highest BCUT2D eigenvalue weighted by molar-refractivity contribution is 7.89. The Morgan fingerprint density at radius 1 is 1.20 bits per heavy atom. The van der Waals surface area contributed by atoms with Gasteiger partial charge in [0.1, 0.15) is 0 Å². The topological polar surface area (TPSA) is 83.7 Å². The van der Waals surface area contributed by atoms with Crippen LogP contribution in [0.25, 0.3) is 0 Å². The molecule has 0 aromatic carbocycles. The van der Waals surface area contributed by atoms with E-state index < -0.39 is 16.1 Å². The maximum Gasteiger partial charge on any atom is 0.239 e. The minimum atomic E-state index is -3.16. The van der Waals surface area contributed by atoms with Crippen LogP contribution in [-0.2, 0) is 14.8 Å². The average Bonchev–Trinajstić information content (AvgIpc) is 2.37. The van der Waals surface area contributed by atoms with Crippen molar-refractivity contribution in [3.63, 3.8) is 0 Å². The van der Waals surface area contributed by atoms with Crippen LogP contribution >= 0.6 is 0 Å². The molecule has 0 radical (unpaired) electrons. The number of sulfonamides is 1. The fourth-order valence-electron chi connectivity index (χ4n) is 2.42. The smallest absolute Gasteiger partial charge is 0.239 e. The second-order valence-electron chi connectivity index (χ2n) is 5.78. The van der Waals surface area contributed by atoms with E-state index in [4.69, 9.17) is 5.73 Å². The summed E-state index contributed by atoms with van der Waals surface area (Å²) in [5.41, 5.74) is 5.89. The maximum atomic E-state index is 12.1. The number of hydrogen-bond donors (Lipinski definition) is 1. The van der Waals surface area contributed by atoms with Gasteiger partial charge in [0.15, 0.2) is 0 Å². The molecule has 20 heavy (non-hydrogen) atoms. The van der Waals surface area contributed by atoms with E-state index in [-0.39, 0.29) is 11.7 Å². The van der Waals surface area contributed by atoms with Gasteiger partial charge in [-0.1, -0.05) is 20.8 Å². The van der Waals surface area contributed by atoms with Gasteiger partial charge in [-0.25, -0.2) is 8.42 Å². The third-order valence-electron chi connectivity index (χ3n) is 3.45. The van der Waals surface area contributed by atoms with Crippen LogP contribution < -0.4 is 5.73 Å². The normalized spacial score (nSPS) is 19.4. The number of nitrogens with two attached hydrogens (primary N) is 1. The largest absolute Gasteiger partial charge is 0.339 e. The SMILES string of the molecule is CCCS(=O)(=O)N1CCN(C(=O)[C@H](N)CC(C)C)CC1. The summed E-state index contributed by atoms with van der Waals surface area (Å²) >= 11 is 0. The Labute approximate surface area is 122 Å². The number of amides is 1. The van der Waals surface area contributed by atoms with Crippen molar-refractivity contribution in [2.24, 2.45) is 11.7 Å². The van der Waals surface area contributed by atoms with E-state index in [2.05, 4.69) is 0 Å². The molecule has 1 heterocycles. The molecule has 0 aliphatic carbocycles. The van der Waals surface area contributed by atoms with Crippen molar-refractivity contribution >= 4 is 15.9 Å². The lowest BCUT2D eigenvalue weighted by molar-refractivity contribution is -0.134. The third-order valence-corrected chi connectivity index (χ3v) is 5.52. The summed E-state index contributed by atoms with van der Waals surface area (Å²) in [6, 6.07) is -0.478. The van der Waals surface area contributed by atoms with E-state index in [1.165, 1.54) is 4.31 Å². The van der Waals surface area contributed by atoms with Crippen molar-refractivity contribution < 1.29 is 13.2 Å². The quantitative estimate of drug-likeness (QED) is 0.762. The summed E-state index contributed by atoms with van der Waals surface area (Å²) < 4.78 is 25.4. The molecule has 1 fully saturated rings. The van der Waals surface area contributed by atoms with E-state index in [0.717, 1.165) is 0 Å². The molecule has 1 saturated heterocycles. The van der Waals surface area contributed by atoms with Gasteiger partial charge < -0.3 is 10.6 Å². The molecule has 6 nitrogen and oxygen atoms in total. The zero-order chi connectivity index (χ0) is 15.3. The fraction of sp³-hybridized carbons (Fsp3) is 0.923. The number of carbonyl (C=O) groups is 1. The Morgan fingerprint density at radius 2 is 1.75 bits per heavy atom. The minimum absolute atomic E-state index is 0.0637. The summed E-state index contributed by atoms with van der Waals surface area (Å²) in [5, 5.41) is 0. The van der Waals surface area contributed by atoms with Crippen molar-refractivity contribution in [2.45, 2.75) is 39.7 Å². The summed E-state index contributed by atoms with van der Waals surface area (Å²) in [6.45, 7) is 7.54. The highest BCUT2D eigenvalue weighted by Crippen LogP contribution is 2.12. The van der Waals surface area contributed by atoms with Gasteiger partial charge >= 0.3 is 0 Å². The number of nitrogens with zero attached hydrogens (tertiary/aromatic N) is 2. The molecule has 0 spiro atoms. The second-order valence-corrected chi connectivity index (χ2v) is 7.86. The zero-order valence-electron chi connectivity index (χ0n) is 12.7. The Bertz CT molecular complexity index is 415. The van der Waals surface area contributed by atoms with Gasteiger partial charge in [0.2, 0.25) is 15.9 Å². The standard InChI is InChI=1S/C13H27N3O3S/c1-4-9-20(18,19)16-7-5-15(6-8-16)13(17)12(14)10-11(2)3/h11-12H,4-10,14H2,1-3H3/t12-/m1/s1. The number of piperazine rings is 1. The Balaban J connectivity index is 2.52. The van der Waals surface area contributed by atoms with Gasteiger partial charge in [-0.2, -0.15) is 4.31 Å². The molecule has 0 saturated carbocycles. The van der Waals surface area contributed by atoms with Gasteiger partial charge in [-0.05, 0) is 18.8 Å². The molecule has 0 aromatic rings. The van der Waals surface area contributed by atoms with E-state index in [1.807, 2.05) is 20.8 Å². The van der Waals surface area contributed by atoms with Crippen molar-refractivity contribution in [3.05, 3.63) is 0 Å². The number of hydrogen-bond acceptors (Lipinski definition) is 4. The highest BCUT2D eigenvalue weighted by Gasteiger charge is 2.30. The van der Waals surface area contributed by atoms with Gasteiger partial charge in [0, 0.05) is 26.2 Å². The predicted molar refractivity (Wildman–Crippen MR) is 79.7 cm³/mol. The first-order valence-electron chi connectivity index (χ1n) is 7.30. The lowest BCUT2D eigenvalue weighted by Crippen LogP contribution is -2.54. The third kappa shape index (κ3) is 4.71. The van der Waals surface area contributed by atoms with Crippen LogP contribution in [0.5, 0.6) is 0 Å². The summed E-state index contributed by atoms with van der Waals surface area (Å²) in [5.74, 6) is 0.486. The molecule has 1 aliphatic heterocycles. The van der Waals surface area contributed by atoms with Crippen molar-refractivity contribution in [3.8, 4) is 0 Å². The van der Waals surface area contributed by atoms with Gasteiger partial charge in [0.25, 0.3) is 0 Å². The first kappa shape index (κ1) is 17.4. The van der Waals surface area contributed by atoms with Crippen molar-refractivity contribution in [2.75, 3.05) is 31.9 Å². The van der Waals surface area contributed by atoms with E-state index in [9.17, 15) is 13.2 Å². The maximum absolute atomic E-state index is 12.1. The lowest BCUT2D eigenvalue weighted by atomic mass is 10.0. The van der Waals surface area contributed by atoms with Crippen LogP contribution in [0.3, 0.4) is 0 Å². The van der Waals surface area contributed by atoms with E-state index >= 15 is 0 Å². The lowest BCUT2D eigenvalue weighted by Gasteiger charge is -2.35. The van der Waals surface area contributed by atoms with Crippen LogP contribution in [-0.4, -0.2) is 61.5 Å². The zero-order valence-corrected chi connectivity index (χ0v) is 13.5. The highest BCUT2D eigenvalue weighted by atomic mass is 32.2. The number of rotatable bonds is 6. The first-order valence-corrected chi connectivity index (χ1v) is 8.91. The summed E-state index contributed by atoms with van der Waals surface area (Å²) in [6.07, 6.45) is 1.27. The van der Waals surface area contributed by atoms with Crippen LogP contribution in [0.2, 0.25) is 0 Å². The molecule has 0 bridgehead atoms. The second kappa shape index (κ2) is 7.38. The molecule has 1 aliphatic rings. The molecule has 1 rings (SSSR count). The van der Waals surface area contributed by atoms with E-state index in [0.29, 0.717) is 44.9 Å².